The van der Waals surface area contributed by atoms with E-state index in [0.717, 1.165) is 5.69 Å². The Balaban J connectivity index is 0.00000200. The van der Waals surface area contributed by atoms with Crippen LogP contribution in [0.1, 0.15) is 47.7 Å². The summed E-state index contributed by atoms with van der Waals surface area (Å²) >= 11 is 0. The number of aliphatic hydroxyl groups excluding tert-OH is 2. The Morgan fingerprint density at radius 2 is 1.86 bits per heavy atom. The highest BCUT2D eigenvalue weighted by atomic mass is 19.3. The van der Waals surface area contributed by atoms with Crippen molar-refractivity contribution in [1.82, 2.24) is 4.57 Å². The SMILES string of the molecule is CC(C)(C)c1cc2cc(NC(=O)C3(c4ccc5c(c4)OC(F)(F)O5)CC3)c(F)cc2n1C[C@@H](O)CO.[HH].[HH]. The Labute approximate surface area is 208 Å². The Hall–Kier alpha value is -3.24. The number of carbonyl (C=O) groups excluding carboxylic acids is 1. The zero-order valence-corrected chi connectivity index (χ0v) is 20.1. The van der Waals surface area contributed by atoms with Crippen LogP contribution in [0.15, 0.2) is 36.4 Å². The Bertz CT molecular complexity index is 1370. The first kappa shape index (κ1) is 24.5. The van der Waals surface area contributed by atoms with E-state index in [1.165, 1.54) is 30.3 Å². The van der Waals surface area contributed by atoms with Crippen molar-refractivity contribution >= 4 is 22.5 Å². The lowest BCUT2D eigenvalue weighted by atomic mass is 9.92. The highest BCUT2D eigenvalue weighted by Gasteiger charge is 2.53. The minimum atomic E-state index is -3.76. The molecule has 10 heteroatoms. The molecule has 0 unspecified atom stereocenters. The molecule has 5 rings (SSSR count). The van der Waals surface area contributed by atoms with Gasteiger partial charge in [-0.3, -0.25) is 4.79 Å². The van der Waals surface area contributed by atoms with Crippen molar-refractivity contribution in [3.8, 4) is 11.5 Å². The maximum Gasteiger partial charge on any atom is 0.586 e. The van der Waals surface area contributed by atoms with Crippen LogP contribution in [0.4, 0.5) is 18.9 Å². The maximum absolute atomic E-state index is 15.2. The molecule has 0 bridgehead atoms. The van der Waals surface area contributed by atoms with Gasteiger partial charge in [-0.1, -0.05) is 26.8 Å². The molecule has 1 atom stereocenters. The molecule has 196 valence electrons. The number of benzene rings is 2. The van der Waals surface area contributed by atoms with Gasteiger partial charge in [-0.25, -0.2) is 4.39 Å². The molecular formula is C26H31F3N2O5. The minimum absolute atomic E-state index is 0. The van der Waals surface area contributed by atoms with Gasteiger partial charge in [0.2, 0.25) is 5.91 Å². The Morgan fingerprint density at radius 3 is 2.50 bits per heavy atom. The van der Waals surface area contributed by atoms with E-state index in [-0.39, 0.29) is 32.0 Å². The van der Waals surface area contributed by atoms with Crippen molar-refractivity contribution in [2.75, 3.05) is 11.9 Å². The highest BCUT2D eigenvalue weighted by molar-refractivity contribution is 6.02. The molecule has 36 heavy (non-hydrogen) atoms. The van der Waals surface area contributed by atoms with Crippen LogP contribution in [0, 0.1) is 5.82 Å². The van der Waals surface area contributed by atoms with Crippen molar-refractivity contribution in [3.63, 3.8) is 0 Å². The summed E-state index contributed by atoms with van der Waals surface area (Å²) in [7, 11) is 0. The van der Waals surface area contributed by atoms with E-state index in [1.807, 2.05) is 26.8 Å². The van der Waals surface area contributed by atoms with Crippen molar-refractivity contribution in [2.24, 2.45) is 0 Å². The number of fused-ring (bicyclic) bond motifs is 2. The number of amides is 1. The predicted octanol–water partition coefficient (Wildman–Crippen LogP) is 4.91. The Morgan fingerprint density at radius 1 is 1.17 bits per heavy atom. The van der Waals surface area contributed by atoms with Gasteiger partial charge in [0.15, 0.2) is 11.5 Å². The summed E-state index contributed by atoms with van der Waals surface area (Å²) in [4.78, 5) is 13.3. The van der Waals surface area contributed by atoms with Gasteiger partial charge < -0.3 is 29.6 Å². The first-order chi connectivity index (χ1) is 16.8. The molecule has 1 aliphatic heterocycles. The van der Waals surface area contributed by atoms with Crippen LogP contribution in [0.25, 0.3) is 10.9 Å². The third-order valence-corrected chi connectivity index (χ3v) is 6.75. The first-order valence-electron chi connectivity index (χ1n) is 11.7. The predicted molar refractivity (Wildman–Crippen MR) is 130 cm³/mol. The molecule has 1 amide bonds. The standard InChI is InChI=1S/C26H27F3N2O5.2H2/c1-24(2,3)22-9-14-8-18(17(27)11-19(14)31(22)12-16(33)13-32)30-23(34)25(6-7-25)15-4-5-20-21(10-15)36-26(28,29)35-20;;/h4-5,8-11,16,32-33H,6-7,12-13H2,1-3H3,(H,30,34);2*1H/t16-;;/m1../s1. The van der Waals surface area contributed by atoms with E-state index in [1.54, 1.807) is 4.57 Å². The Kier molecular flexibility index (Phi) is 5.53. The number of nitrogens with one attached hydrogen (secondary N) is 1. The monoisotopic (exact) mass is 508 g/mol. The van der Waals surface area contributed by atoms with Crippen LogP contribution >= 0.6 is 0 Å². The average Bonchev–Trinajstić information content (AvgIpc) is 3.44. The van der Waals surface area contributed by atoms with Crippen LogP contribution in [-0.2, 0) is 22.2 Å². The van der Waals surface area contributed by atoms with E-state index >= 15 is 4.39 Å². The quantitative estimate of drug-likeness (QED) is 0.440. The number of hydrogen-bond donors (Lipinski definition) is 3. The lowest BCUT2D eigenvalue weighted by Gasteiger charge is -2.23. The third kappa shape index (κ3) is 4.18. The van der Waals surface area contributed by atoms with Crippen LogP contribution in [-0.4, -0.2) is 39.7 Å². The average molecular weight is 509 g/mol. The fourth-order valence-electron chi connectivity index (χ4n) is 4.73. The molecule has 0 radical (unpaired) electrons. The molecule has 3 N–H and O–H groups in total. The summed E-state index contributed by atoms with van der Waals surface area (Å²) < 4.78 is 52.7. The summed E-state index contributed by atoms with van der Waals surface area (Å²) in [5.41, 5.74) is 0.532. The van der Waals surface area contributed by atoms with Crippen molar-refractivity contribution in [1.29, 1.82) is 0 Å². The number of hydrogen-bond acceptors (Lipinski definition) is 5. The number of rotatable bonds is 6. The molecule has 2 aliphatic rings. The van der Waals surface area contributed by atoms with Crippen LogP contribution in [0.2, 0.25) is 0 Å². The zero-order valence-electron chi connectivity index (χ0n) is 20.1. The maximum atomic E-state index is 15.2. The van der Waals surface area contributed by atoms with Crippen molar-refractivity contribution in [3.05, 3.63) is 53.5 Å². The number of halogens is 3. The van der Waals surface area contributed by atoms with E-state index in [4.69, 9.17) is 0 Å². The second kappa shape index (κ2) is 8.14. The van der Waals surface area contributed by atoms with Gasteiger partial charge in [-0.05, 0) is 42.7 Å². The molecule has 2 heterocycles. The van der Waals surface area contributed by atoms with Crippen molar-refractivity contribution < 1.29 is 40.5 Å². The number of ether oxygens (including phenoxy) is 2. The molecule has 7 nitrogen and oxygen atoms in total. The van der Waals surface area contributed by atoms with Crippen LogP contribution in [0.5, 0.6) is 11.5 Å². The molecule has 2 aromatic carbocycles. The highest BCUT2D eigenvalue weighted by Crippen LogP contribution is 2.52. The second-order valence-electron chi connectivity index (χ2n) is 10.5. The smallest absolute Gasteiger partial charge is 0.395 e. The van der Waals surface area contributed by atoms with Crippen LogP contribution in [0.3, 0.4) is 0 Å². The number of alkyl halides is 2. The first-order valence-corrected chi connectivity index (χ1v) is 11.7. The van der Waals surface area contributed by atoms with Crippen molar-refractivity contribution in [2.45, 2.75) is 63.4 Å². The number of aromatic nitrogens is 1. The van der Waals surface area contributed by atoms with Gasteiger partial charge in [-0.2, -0.15) is 0 Å². The van der Waals surface area contributed by atoms with Gasteiger partial charge in [0.05, 0.1) is 35.9 Å². The van der Waals surface area contributed by atoms with Gasteiger partial charge in [-0.15, -0.1) is 8.78 Å². The van der Waals surface area contributed by atoms with E-state index in [2.05, 4.69) is 14.8 Å². The lowest BCUT2D eigenvalue weighted by Crippen LogP contribution is -2.28. The number of anilines is 1. The molecule has 1 saturated carbocycles. The molecular weight excluding hydrogens is 477 g/mol. The third-order valence-electron chi connectivity index (χ3n) is 6.75. The summed E-state index contributed by atoms with van der Waals surface area (Å²) in [6.07, 6.45) is -3.82. The fraction of sp³-hybridized carbons (Fsp3) is 0.423. The largest absolute Gasteiger partial charge is 0.586 e. The summed E-state index contributed by atoms with van der Waals surface area (Å²) in [5, 5.41) is 22.7. The second-order valence-corrected chi connectivity index (χ2v) is 10.5. The molecule has 1 fully saturated rings. The molecule has 3 aromatic rings. The molecule has 0 saturated heterocycles. The minimum Gasteiger partial charge on any atom is -0.395 e. The van der Waals surface area contributed by atoms with Gasteiger partial charge >= 0.3 is 6.29 Å². The summed E-state index contributed by atoms with van der Waals surface area (Å²) in [6, 6.07) is 8.95. The van der Waals surface area contributed by atoms with Gasteiger partial charge in [0.25, 0.3) is 0 Å². The molecule has 1 aliphatic carbocycles. The number of nitrogens with zero attached hydrogens (tertiary/aromatic N) is 1. The van der Waals surface area contributed by atoms with Gasteiger partial charge in [0.1, 0.15) is 5.82 Å². The van der Waals surface area contributed by atoms with E-state index in [0.29, 0.717) is 29.3 Å². The number of carbonyl (C=O) groups is 1. The molecule has 1 aromatic heterocycles. The van der Waals surface area contributed by atoms with E-state index < -0.39 is 36.1 Å². The fourth-order valence-corrected chi connectivity index (χ4v) is 4.73. The summed E-state index contributed by atoms with van der Waals surface area (Å²) in [5.74, 6) is -1.36. The van der Waals surface area contributed by atoms with Crippen LogP contribution < -0.4 is 14.8 Å². The van der Waals surface area contributed by atoms with Gasteiger partial charge in [0, 0.05) is 25.4 Å². The number of aliphatic hydroxyl groups is 2. The van der Waals surface area contributed by atoms with E-state index in [9.17, 15) is 23.8 Å². The summed E-state index contributed by atoms with van der Waals surface area (Å²) in [6.45, 7) is 5.62. The lowest BCUT2D eigenvalue weighted by molar-refractivity contribution is -0.286. The molecule has 0 spiro atoms. The topological polar surface area (TPSA) is 93.0 Å². The zero-order chi connectivity index (χ0) is 26.0. The normalized spacial score (nSPS) is 18.3.